The summed E-state index contributed by atoms with van der Waals surface area (Å²) < 4.78 is 1.15. The number of hydrogen-bond donors (Lipinski definition) is 0. The lowest BCUT2D eigenvalue weighted by molar-refractivity contribution is 0.659. The van der Waals surface area contributed by atoms with Crippen molar-refractivity contribution < 1.29 is 0 Å². The molecule has 11 aromatic carbocycles. The van der Waals surface area contributed by atoms with Crippen molar-refractivity contribution in [3.8, 4) is 100 Å². The minimum atomic E-state index is -0.103. The van der Waals surface area contributed by atoms with E-state index >= 15 is 0 Å². The van der Waals surface area contributed by atoms with E-state index in [1.807, 2.05) is 0 Å². The van der Waals surface area contributed by atoms with Crippen molar-refractivity contribution in [2.45, 2.75) is 77.0 Å². The molecular weight excluding hydrogens is 993 g/mol. The standard InChI is InChI=1S/C46H34.C30H25Br/c1-45(2)40-15-8-7-12-33(40)34-19-16-27(24-41(34)45)28-17-20-35-36-21-18-29(26-43(36)46(3,4)42(35)25-28)30-22-23-39-32-11-6-5-10-31(32)38-14-9-13-37(30)44(38)39;1-29(2)25-8-6-5-7-21(25)22-12-9-18(15-26(22)29)19-10-13-23-24-14-11-20(31)17-28(24)30(3,4)27(23)16-19/h5-26H,1-4H3;5-17H,1-4H3. The lowest BCUT2D eigenvalue weighted by atomic mass is 9.80. The van der Waals surface area contributed by atoms with Crippen molar-refractivity contribution in [2.75, 3.05) is 0 Å². The molecule has 0 nitrogen and oxygen atoms in total. The van der Waals surface area contributed by atoms with E-state index in [-0.39, 0.29) is 21.7 Å². The lowest BCUT2D eigenvalue weighted by Crippen LogP contribution is -2.15. The van der Waals surface area contributed by atoms with Crippen molar-refractivity contribution in [3.63, 3.8) is 0 Å². The molecule has 0 fully saturated rings. The summed E-state index contributed by atoms with van der Waals surface area (Å²) >= 11 is 3.66. The smallest absolute Gasteiger partial charge is 0.0178 e. The van der Waals surface area contributed by atoms with E-state index in [0.29, 0.717) is 0 Å². The number of rotatable bonds is 3. The summed E-state index contributed by atoms with van der Waals surface area (Å²) in [6, 6.07) is 80.2. The third-order valence-corrected chi connectivity index (χ3v) is 19.5. The van der Waals surface area contributed by atoms with Gasteiger partial charge in [-0.1, -0.05) is 241 Å². The predicted octanol–water partition coefficient (Wildman–Crippen LogP) is 21.2. The molecule has 16 rings (SSSR count). The third-order valence-electron chi connectivity index (χ3n) is 19.0. The van der Waals surface area contributed by atoms with Gasteiger partial charge in [0.1, 0.15) is 0 Å². The van der Waals surface area contributed by atoms with Gasteiger partial charge < -0.3 is 0 Å². The van der Waals surface area contributed by atoms with Crippen molar-refractivity contribution in [1.82, 2.24) is 0 Å². The first-order chi connectivity index (χ1) is 37.1. The molecular formula is C76H59Br. The highest BCUT2D eigenvalue weighted by Gasteiger charge is 2.40. The van der Waals surface area contributed by atoms with E-state index in [2.05, 4.69) is 284 Å². The van der Waals surface area contributed by atoms with Crippen molar-refractivity contribution in [2.24, 2.45) is 0 Å². The molecule has 5 aliphatic rings. The van der Waals surface area contributed by atoms with Crippen molar-refractivity contribution in [3.05, 3.63) is 261 Å². The maximum atomic E-state index is 3.66. The summed E-state index contributed by atoms with van der Waals surface area (Å²) in [4.78, 5) is 0. The van der Waals surface area contributed by atoms with Crippen LogP contribution in [-0.4, -0.2) is 0 Å². The van der Waals surface area contributed by atoms with Crippen molar-refractivity contribution >= 4 is 26.7 Å². The Bertz CT molecular complexity index is 4370. The Morgan fingerprint density at radius 1 is 0.221 bits per heavy atom. The number of benzene rings is 11. The van der Waals surface area contributed by atoms with Crippen LogP contribution in [0, 0.1) is 0 Å². The SMILES string of the molecule is CC1(C)c2ccccc2-c2ccc(-c3ccc4c(c3)C(C)(C)c3cc(-c5ccc6c7c(cccc57)-c5ccccc5-6)ccc3-4)cc21.CC1(C)c2ccccc2-c2ccc(-c3ccc4c(c3)C(C)(C)c3cc(Br)ccc3-4)cc21. The van der Waals surface area contributed by atoms with Crippen LogP contribution in [0.2, 0.25) is 0 Å². The summed E-state index contributed by atoms with van der Waals surface area (Å²) in [5.41, 5.74) is 35.4. The third kappa shape index (κ3) is 6.50. The molecule has 0 aromatic heterocycles. The van der Waals surface area contributed by atoms with Gasteiger partial charge >= 0.3 is 0 Å². The predicted molar refractivity (Wildman–Crippen MR) is 329 cm³/mol. The first-order valence-electron chi connectivity index (χ1n) is 27.5. The molecule has 0 N–H and O–H groups in total. The van der Waals surface area contributed by atoms with E-state index in [1.165, 1.54) is 155 Å². The van der Waals surface area contributed by atoms with E-state index in [0.717, 1.165) is 4.47 Å². The van der Waals surface area contributed by atoms with Gasteiger partial charge in [-0.2, -0.15) is 0 Å². The Balaban J connectivity index is 0.000000145. The topological polar surface area (TPSA) is 0 Å². The zero-order chi connectivity index (χ0) is 52.5. The fourth-order valence-corrected chi connectivity index (χ4v) is 15.2. The molecule has 11 aromatic rings. The second kappa shape index (κ2) is 16.1. The maximum Gasteiger partial charge on any atom is 0.0178 e. The minimum Gasteiger partial charge on any atom is -0.0619 e. The fourth-order valence-electron chi connectivity index (χ4n) is 14.8. The zero-order valence-corrected chi connectivity index (χ0v) is 46.7. The normalized spacial score (nSPS) is 15.8. The number of hydrogen-bond acceptors (Lipinski definition) is 0. The van der Waals surface area contributed by atoms with Crippen LogP contribution in [0.15, 0.2) is 217 Å². The van der Waals surface area contributed by atoms with E-state index in [4.69, 9.17) is 0 Å². The number of fused-ring (bicyclic) bond motifs is 15. The first kappa shape index (κ1) is 46.5. The molecule has 1 heteroatoms. The Morgan fingerprint density at radius 3 is 0.948 bits per heavy atom. The van der Waals surface area contributed by atoms with E-state index in [9.17, 15) is 0 Å². The van der Waals surface area contributed by atoms with Crippen LogP contribution in [0.1, 0.15) is 99.9 Å². The van der Waals surface area contributed by atoms with Crippen LogP contribution >= 0.6 is 15.9 Å². The molecule has 0 bridgehead atoms. The highest BCUT2D eigenvalue weighted by atomic mass is 79.9. The molecule has 5 aliphatic carbocycles. The monoisotopic (exact) mass is 1050 g/mol. The molecule has 0 unspecified atom stereocenters. The van der Waals surface area contributed by atoms with Gasteiger partial charge in [0.25, 0.3) is 0 Å². The lowest BCUT2D eigenvalue weighted by Gasteiger charge is -2.23. The average molecular weight is 1050 g/mol. The van der Waals surface area contributed by atoms with Crippen LogP contribution in [0.5, 0.6) is 0 Å². The largest absolute Gasteiger partial charge is 0.0619 e. The van der Waals surface area contributed by atoms with Crippen LogP contribution in [-0.2, 0) is 21.7 Å². The molecule has 0 saturated heterocycles. The molecule has 0 amide bonds. The Hall–Kier alpha value is -7.84. The summed E-state index contributed by atoms with van der Waals surface area (Å²) in [5, 5.41) is 2.72. The molecule has 370 valence electrons. The average Bonchev–Trinajstić information content (AvgIpc) is 4.14. The first-order valence-corrected chi connectivity index (χ1v) is 28.3. The molecule has 77 heavy (non-hydrogen) atoms. The quantitative estimate of drug-likeness (QED) is 0.165. The van der Waals surface area contributed by atoms with Gasteiger partial charge in [-0.15, -0.1) is 0 Å². The molecule has 0 radical (unpaired) electrons. The van der Waals surface area contributed by atoms with E-state index < -0.39 is 0 Å². The Labute approximate surface area is 462 Å². The van der Waals surface area contributed by atoms with Crippen LogP contribution in [0.3, 0.4) is 0 Å². The van der Waals surface area contributed by atoms with Crippen LogP contribution < -0.4 is 0 Å². The molecule has 0 atom stereocenters. The zero-order valence-electron chi connectivity index (χ0n) is 45.1. The van der Waals surface area contributed by atoms with Gasteiger partial charge in [0.15, 0.2) is 0 Å². The van der Waals surface area contributed by atoms with Gasteiger partial charge in [-0.25, -0.2) is 0 Å². The van der Waals surface area contributed by atoms with Gasteiger partial charge in [-0.05, 0) is 198 Å². The summed E-state index contributed by atoms with van der Waals surface area (Å²) in [6.45, 7) is 18.9. The maximum absolute atomic E-state index is 3.66. The van der Waals surface area contributed by atoms with E-state index in [1.54, 1.807) is 0 Å². The van der Waals surface area contributed by atoms with Crippen LogP contribution in [0.4, 0.5) is 0 Å². The second-order valence-electron chi connectivity index (χ2n) is 24.5. The molecule has 0 spiro atoms. The van der Waals surface area contributed by atoms with Gasteiger partial charge in [0, 0.05) is 26.1 Å². The second-order valence-corrected chi connectivity index (χ2v) is 25.4. The number of halogens is 1. The molecule has 0 saturated carbocycles. The highest BCUT2D eigenvalue weighted by molar-refractivity contribution is 9.10. The summed E-state index contributed by atoms with van der Waals surface area (Å²) in [7, 11) is 0. The van der Waals surface area contributed by atoms with Gasteiger partial charge in [-0.3, -0.25) is 0 Å². The highest BCUT2D eigenvalue weighted by Crippen LogP contribution is 2.56. The Morgan fingerprint density at radius 2 is 0.506 bits per heavy atom. The molecule has 0 heterocycles. The Kier molecular flexibility index (Phi) is 9.72. The minimum absolute atomic E-state index is 0.00328. The summed E-state index contributed by atoms with van der Waals surface area (Å²) in [5.74, 6) is 0. The van der Waals surface area contributed by atoms with Crippen molar-refractivity contribution in [1.29, 1.82) is 0 Å². The van der Waals surface area contributed by atoms with Gasteiger partial charge in [0.05, 0.1) is 0 Å². The van der Waals surface area contributed by atoms with Gasteiger partial charge in [0.2, 0.25) is 0 Å². The summed E-state index contributed by atoms with van der Waals surface area (Å²) in [6.07, 6.45) is 0. The van der Waals surface area contributed by atoms with Crippen LogP contribution in [0.25, 0.3) is 111 Å². The fraction of sp³-hybridized carbons (Fsp3) is 0.158. The molecule has 0 aliphatic heterocycles.